The van der Waals surface area contributed by atoms with Gasteiger partial charge in [-0.3, -0.25) is 0 Å². The molecule has 0 spiro atoms. The van der Waals surface area contributed by atoms with E-state index < -0.39 is 0 Å². The van der Waals surface area contributed by atoms with Crippen LogP contribution in [0.25, 0.3) is 0 Å². The van der Waals surface area contributed by atoms with Crippen LogP contribution in [0.5, 0.6) is 0 Å². The summed E-state index contributed by atoms with van der Waals surface area (Å²) in [5, 5.41) is 3.59. The molecular weight excluding hydrogens is 246 g/mol. The Balaban J connectivity index is 2.78. The first-order chi connectivity index (χ1) is 9.56. The first-order valence-corrected chi connectivity index (χ1v) is 7.96. The van der Waals surface area contributed by atoms with Crippen LogP contribution < -0.4 is 5.32 Å². The zero-order valence-electron chi connectivity index (χ0n) is 13.7. The SMILES string of the molecule is CCNC(c1ccccc1)C(OCCC(C)C)C(C)C. The molecule has 1 N–H and O–H groups in total. The van der Waals surface area contributed by atoms with Crippen molar-refractivity contribution in [1.29, 1.82) is 0 Å². The van der Waals surface area contributed by atoms with E-state index in [1.807, 2.05) is 0 Å². The van der Waals surface area contributed by atoms with Crippen molar-refractivity contribution < 1.29 is 4.74 Å². The Morgan fingerprint density at radius 1 is 1.05 bits per heavy atom. The highest BCUT2D eigenvalue weighted by atomic mass is 16.5. The molecule has 0 aromatic heterocycles. The summed E-state index contributed by atoms with van der Waals surface area (Å²) in [7, 11) is 0. The molecule has 114 valence electrons. The van der Waals surface area contributed by atoms with Gasteiger partial charge >= 0.3 is 0 Å². The molecule has 2 heteroatoms. The third-order valence-corrected chi connectivity index (χ3v) is 3.57. The van der Waals surface area contributed by atoms with Crippen LogP contribution >= 0.6 is 0 Å². The number of likely N-dealkylation sites (N-methyl/N-ethyl adjacent to an activating group) is 1. The van der Waals surface area contributed by atoms with E-state index in [1.54, 1.807) is 0 Å². The second-order valence-electron chi connectivity index (χ2n) is 6.21. The van der Waals surface area contributed by atoms with E-state index in [0.29, 0.717) is 11.8 Å². The molecule has 0 radical (unpaired) electrons. The summed E-state index contributed by atoms with van der Waals surface area (Å²) in [6.45, 7) is 12.9. The molecule has 0 aliphatic carbocycles. The van der Waals surface area contributed by atoms with Crippen molar-refractivity contribution in [1.82, 2.24) is 5.32 Å². The van der Waals surface area contributed by atoms with Crippen LogP contribution in [0.15, 0.2) is 30.3 Å². The molecule has 0 saturated heterocycles. The monoisotopic (exact) mass is 277 g/mol. The van der Waals surface area contributed by atoms with Crippen LogP contribution in [0.2, 0.25) is 0 Å². The minimum Gasteiger partial charge on any atom is -0.376 e. The first-order valence-electron chi connectivity index (χ1n) is 7.96. The smallest absolute Gasteiger partial charge is 0.0792 e. The third-order valence-electron chi connectivity index (χ3n) is 3.57. The molecule has 20 heavy (non-hydrogen) atoms. The van der Waals surface area contributed by atoms with Gasteiger partial charge < -0.3 is 10.1 Å². The fourth-order valence-electron chi connectivity index (χ4n) is 2.42. The number of hydrogen-bond acceptors (Lipinski definition) is 2. The largest absolute Gasteiger partial charge is 0.376 e. The van der Waals surface area contributed by atoms with Gasteiger partial charge in [-0.2, -0.15) is 0 Å². The molecule has 0 amide bonds. The molecular formula is C18H31NO. The lowest BCUT2D eigenvalue weighted by Crippen LogP contribution is -2.37. The Bertz CT molecular complexity index is 348. The third kappa shape index (κ3) is 5.64. The van der Waals surface area contributed by atoms with Crippen LogP contribution in [0, 0.1) is 11.8 Å². The number of ether oxygens (including phenoxy) is 1. The molecule has 0 fully saturated rings. The molecule has 1 aromatic rings. The second-order valence-corrected chi connectivity index (χ2v) is 6.21. The van der Waals surface area contributed by atoms with Crippen molar-refractivity contribution in [3.05, 3.63) is 35.9 Å². The van der Waals surface area contributed by atoms with E-state index in [4.69, 9.17) is 4.74 Å². The maximum Gasteiger partial charge on any atom is 0.0792 e. The summed E-state index contributed by atoms with van der Waals surface area (Å²) in [6, 6.07) is 10.9. The van der Waals surface area contributed by atoms with Crippen LogP contribution in [0.3, 0.4) is 0 Å². The summed E-state index contributed by atoms with van der Waals surface area (Å²) in [6.07, 6.45) is 1.34. The summed E-state index contributed by atoms with van der Waals surface area (Å²) in [5.41, 5.74) is 1.32. The molecule has 1 aromatic carbocycles. The van der Waals surface area contributed by atoms with Gasteiger partial charge in [-0.1, -0.05) is 65.0 Å². The fourth-order valence-corrected chi connectivity index (χ4v) is 2.42. The van der Waals surface area contributed by atoms with Gasteiger partial charge in [-0.05, 0) is 30.4 Å². The van der Waals surface area contributed by atoms with E-state index in [9.17, 15) is 0 Å². The minimum absolute atomic E-state index is 0.219. The van der Waals surface area contributed by atoms with Crippen molar-refractivity contribution in [2.75, 3.05) is 13.2 Å². The maximum atomic E-state index is 6.22. The zero-order chi connectivity index (χ0) is 15.0. The van der Waals surface area contributed by atoms with Gasteiger partial charge in [-0.25, -0.2) is 0 Å². The van der Waals surface area contributed by atoms with E-state index in [1.165, 1.54) is 5.56 Å². The van der Waals surface area contributed by atoms with Gasteiger partial charge in [0.25, 0.3) is 0 Å². The summed E-state index contributed by atoms with van der Waals surface area (Å²) >= 11 is 0. The number of benzene rings is 1. The van der Waals surface area contributed by atoms with Crippen molar-refractivity contribution >= 4 is 0 Å². The van der Waals surface area contributed by atoms with E-state index >= 15 is 0 Å². The van der Waals surface area contributed by atoms with Crippen molar-refractivity contribution in [2.24, 2.45) is 11.8 Å². The molecule has 0 saturated carbocycles. The number of nitrogens with one attached hydrogen (secondary N) is 1. The second kappa shape index (κ2) is 9.15. The Morgan fingerprint density at radius 3 is 2.20 bits per heavy atom. The van der Waals surface area contributed by atoms with Gasteiger partial charge in [-0.15, -0.1) is 0 Å². The van der Waals surface area contributed by atoms with Crippen molar-refractivity contribution in [3.63, 3.8) is 0 Å². The van der Waals surface area contributed by atoms with E-state index in [2.05, 4.69) is 70.3 Å². The van der Waals surface area contributed by atoms with E-state index in [-0.39, 0.29) is 12.1 Å². The topological polar surface area (TPSA) is 21.3 Å². The molecule has 2 atom stereocenters. The van der Waals surface area contributed by atoms with Gasteiger partial charge in [0.15, 0.2) is 0 Å². The molecule has 0 heterocycles. The number of hydrogen-bond donors (Lipinski definition) is 1. The lowest BCUT2D eigenvalue weighted by Gasteiger charge is -2.31. The molecule has 0 aliphatic heterocycles. The Morgan fingerprint density at radius 2 is 1.70 bits per heavy atom. The van der Waals surface area contributed by atoms with Crippen LogP contribution in [0.4, 0.5) is 0 Å². The quantitative estimate of drug-likeness (QED) is 0.721. The molecule has 0 aliphatic rings. The van der Waals surface area contributed by atoms with Crippen molar-refractivity contribution in [3.8, 4) is 0 Å². The summed E-state index contributed by atoms with van der Waals surface area (Å²) < 4.78 is 6.22. The molecule has 0 bridgehead atoms. The predicted octanol–water partition coefficient (Wildman–Crippen LogP) is 4.42. The number of rotatable bonds is 9. The Kier molecular flexibility index (Phi) is 7.86. The van der Waals surface area contributed by atoms with Gasteiger partial charge in [0.1, 0.15) is 0 Å². The Hall–Kier alpha value is -0.860. The highest BCUT2D eigenvalue weighted by Gasteiger charge is 2.26. The highest BCUT2D eigenvalue weighted by Crippen LogP contribution is 2.25. The molecule has 1 rings (SSSR count). The van der Waals surface area contributed by atoms with Gasteiger partial charge in [0.2, 0.25) is 0 Å². The molecule has 2 unspecified atom stereocenters. The average Bonchev–Trinajstić information content (AvgIpc) is 2.42. The van der Waals surface area contributed by atoms with Gasteiger partial charge in [0, 0.05) is 6.61 Å². The van der Waals surface area contributed by atoms with Crippen LogP contribution in [0.1, 0.15) is 52.6 Å². The Labute approximate surface area is 124 Å². The fraction of sp³-hybridized carbons (Fsp3) is 0.667. The first kappa shape index (κ1) is 17.2. The van der Waals surface area contributed by atoms with Crippen LogP contribution in [-0.2, 0) is 4.74 Å². The maximum absolute atomic E-state index is 6.22. The van der Waals surface area contributed by atoms with E-state index in [0.717, 1.165) is 19.6 Å². The van der Waals surface area contributed by atoms with Crippen molar-refractivity contribution in [2.45, 2.75) is 53.2 Å². The standard InChI is InChI=1S/C18H31NO/c1-6-19-17(16-10-8-7-9-11-16)18(15(4)5)20-13-12-14(2)3/h7-11,14-15,17-19H,6,12-13H2,1-5H3. The molecule has 2 nitrogen and oxygen atoms in total. The average molecular weight is 277 g/mol. The zero-order valence-corrected chi connectivity index (χ0v) is 13.7. The summed E-state index contributed by atoms with van der Waals surface area (Å²) in [4.78, 5) is 0. The predicted molar refractivity (Wildman–Crippen MR) is 86.9 cm³/mol. The minimum atomic E-state index is 0.219. The van der Waals surface area contributed by atoms with Gasteiger partial charge in [0.05, 0.1) is 12.1 Å². The van der Waals surface area contributed by atoms with Crippen LogP contribution in [-0.4, -0.2) is 19.3 Å². The normalized spacial score (nSPS) is 14.8. The lowest BCUT2D eigenvalue weighted by atomic mass is 9.93. The highest BCUT2D eigenvalue weighted by molar-refractivity contribution is 5.20. The summed E-state index contributed by atoms with van der Waals surface area (Å²) in [5.74, 6) is 1.18. The lowest BCUT2D eigenvalue weighted by molar-refractivity contribution is -0.00839.